The number of ether oxygens (including phenoxy) is 1. The van der Waals surface area contributed by atoms with Crippen LogP contribution >= 0.6 is 0 Å². The molecule has 1 aromatic rings. The van der Waals surface area contributed by atoms with Crippen LogP contribution in [0.5, 0.6) is 0 Å². The molecular formula is C24H25F4NO2. The van der Waals surface area contributed by atoms with Gasteiger partial charge in [0, 0.05) is 17.6 Å². The first-order valence-electron chi connectivity index (χ1n) is 10.2. The van der Waals surface area contributed by atoms with Gasteiger partial charge in [-0.25, -0.2) is 4.39 Å². The summed E-state index contributed by atoms with van der Waals surface area (Å²) in [5.74, 6) is -0.596. The standard InChI is InChI=1S/C24H25F4NO2/c1-4-16-9-14(2)5-8-21(31-13-24(26,27)28)22(16)15(3)29-23(30)19-10-17-6-7-20(25)12-18(17)11-19/h5-8,11-12,15H,4,9-10,13H2,1-3H3,(H,29,30). The number of alkyl halides is 3. The van der Waals surface area contributed by atoms with Crippen LogP contribution in [0.25, 0.3) is 6.08 Å². The molecule has 166 valence electrons. The fourth-order valence-electron chi connectivity index (χ4n) is 3.91. The lowest BCUT2D eigenvalue weighted by Crippen LogP contribution is -2.36. The molecule has 1 amide bonds. The third-order valence-electron chi connectivity index (χ3n) is 5.37. The van der Waals surface area contributed by atoms with Crippen LogP contribution < -0.4 is 5.32 Å². The fraction of sp³-hybridized carbons (Fsp3) is 0.375. The van der Waals surface area contributed by atoms with E-state index >= 15 is 0 Å². The molecule has 0 aliphatic heterocycles. The topological polar surface area (TPSA) is 38.3 Å². The molecule has 1 unspecified atom stereocenters. The third kappa shape index (κ3) is 5.66. The molecule has 0 saturated carbocycles. The van der Waals surface area contributed by atoms with Gasteiger partial charge in [-0.3, -0.25) is 4.79 Å². The summed E-state index contributed by atoms with van der Waals surface area (Å²) in [6.07, 6.45) is 2.04. The van der Waals surface area contributed by atoms with Gasteiger partial charge in [0.05, 0.1) is 6.04 Å². The van der Waals surface area contributed by atoms with Crippen LogP contribution in [0.2, 0.25) is 0 Å². The number of fused-ring (bicyclic) bond motifs is 1. The van der Waals surface area contributed by atoms with E-state index in [0.29, 0.717) is 36.0 Å². The Bertz CT molecular complexity index is 999. The molecule has 1 N–H and O–H groups in total. The van der Waals surface area contributed by atoms with E-state index in [0.717, 1.165) is 16.7 Å². The molecule has 3 nitrogen and oxygen atoms in total. The van der Waals surface area contributed by atoms with Crippen LogP contribution in [-0.2, 0) is 16.0 Å². The van der Waals surface area contributed by atoms with Gasteiger partial charge in [-0.2, -0.15) is 13.2 Å². The van der Waals surface area contributed by atoms with E-state index in [2.05, 4.69) is 5.32 Å². The number of allylic oxidation sites excluding steroid dienone is 4. The summed E-state index contributed by atoms with van der Waals surface area (Å²) in [6.45, 7) is 4.16. The smallest absolute Gasteiger partial charge is 0.422 e. The minimum Gasteiger partial charge on any atom is -0.484 e. The summed E-state index contributed by atoms with van der Waals surface area (Å²) in [6, 6.07) is 3.81. The van der Waals surface area contributed by atoms with Gasteiger partial charge in [-0.1, -0.05) is 30.2 Å². The lowest BCUT2D eigenvalue weighted by atomic mass is 9.94. The lowest BCUT2D eigenvalue weighted by molar-refractivity contribution is -0.164. The van der Waals surface area contributed by atoms with E-state index in [1.165, 1.54) is 18.2 Å². The van der Waals surface area contributed by atoms with Crippen molar-refractivity contribution in [3.8, 4) is 0 Å². The normalized spacial score (nSPS) is 17.3. The molecule has 0 aromatic heterocycles. The van der Waals surface area contributed by atoms with Crippen molar-refractivity contribution in [2.24, 2.45) is 0 Å². The monoisotopic (exact) mass is 435 g/mol. The van der Waals surface area contributed by atoms with E-state index in [9.17, 15) is 22.4 Å². The number of carbonyl (C=O) groups is 1. The van der Waals surface area contributed by atoms with Gasteiger partial charge >= 0.3 is 6.18 Å². The molecular weight excluding hydrogens is 410 g/mol. The van der Waals surface area contributed by atoms with Crippen LogP contribution in [-0.4, -0.2) is 24.7 Å². The highest BCUT2D eigenvalue weighted by Gasteiger charge is 2.31. The molecule has 0 radical (unpaired) electrons. The van der Waals surface area contributed by atoms with E-state index in [1.807, 2.05) is 13.8 Å². The molecule has 0 saturated heterocycles. The molecule has 0 bridgehead atoms. The van der Waals surface area contributed by atoms with Gasteiger partial charge in [-0.15, -0.1) is 0 Å². The summed E-state index contributed by atoms with van der Waals surface area (Å²) in [5, 5.41) is 2.89. The number of nitrogens with one attached hydrogen (secondary N) is 1. The average molecular weight is 435 g/mol. The summed E-state index contributed by atoms with van der Waals surface area (Å²) >= 11 is 0. The molecule has 2 aliphatic carbocycles. The highest BCUT2D eigenvalue weighted by Crippen LogP contribution is 2.32. The second-order valence-corrected chi connectivity index (χ2v) is 7.88. The first-order valence-corrected chi connectivity index (χ1v) is 10.2. The molecule has 3 rings (SSSR count). The molecule has 0 fully saturated rings. The van der Waals surface area contributed by atoms with E-state index < -0.39 is 18.8 Å². The van der Waals surface area contributed by atoms with Gasteiger partial charge in [-0.05, 0) is 62.1 Å². The van der Waals surface area contributed by atoms with E-state index in [-0.39, 0.29) is 17.5 Å². The summed E-state index contributed by atoms with van der Waals surface area (Å²) < 4.78 is 56.9. The first kappa shape index (κ1) is 22.8. The number of benzene rings is 1. The highest BCUT2D eigenvalue weighted by molar-refractivity contribution is 6.00. The number of rotatable bonds is 6. The largest absolute Gasteiger partial charge is 0.484 e. The van der Waals surface area contributed by atoms with Crippen molar-refractivity contribution in [1.29, 1.82) is 0 Å². The molecule has 31 heavy (non-hydrogen) atoms. The Hall–Kier alpha value is -2.83. The van der Waals surface area contributed by atoms with Crippen LogP contribution in [0.1, 0.15) is 44.7 Å². The number of hydrogen-bond donors (Lipinski definition) is 1. The maximum absolute atomic E-state index is 13.5. The Morgan fingerprint density at radius 1 is 1.23 bits per heavy atom. The van der Waals surface area contributed by atoms with Crippen molar-refractivity contribution in [1.82, 2.24) is 5.32 Å². The molecule has 1 aromatic carbocycles. The average Bonchev–Trinajstić information content (AvgIpc) is 3.03. The number of hydrogen-bond acceptors (Lipinski definition) is 2. The summed E-state index contributed by atoms with van der Waals surface area (Å²) in [4.78, 5) is 12.9. The predicted molar refractivity (Wildman–Crippen MR) is 111 cm³/mol. The summed E-state index contributed by atoms with van der Waals surface area (Å²) in [5.41, 5.74) is 4.48. The maximum atomic E-state index is 13.5. The lowest BCUT2D eigenvalue weighted by Gasteiger charge is -2.24. The number of amides is 1. The third-order valence-corrected chi connectivity index (χ3v) is 5.37. The zero-order chi connectivity index (χ0) is 22.8. The van der Waals surface area contributed by atoms with Crippen molar-refractivity contribution < 1.29 is 27.1 Å². The van der Waals surface area contributed by atoms with Crippen LogP contribution in [0.15, 0.2) is 58.4 Å². The number of carbonyl (C=O) groups excluding carboxylic acids is 1. The van der Waals surface area contributed by atoms with Crippen molar-refractivity contribution in [2.45, 2.75) is 52.3 Å². The van der Waals surface area contributed by atoms with Gasteiger partial charge in [0.25, 0.3) is 0 Å². The van der Waals surface area contributed by atoms with Crippen LogP contribution in [0.3, 0.4) is 0 Å². The predicted octanol–water partition coefficient (Wildman–Crippen LogP) is 5.79. The Morgan fingerprint density at radius 3 is 2.65 bits per heavy atom. The fourth-order valence-corrected chi connectivity index (χ4v) is 3.91. The minimum atomic E-state index is -4.47. The van der Waals surface area contributed by atoms with Crippen LogP contribution in [0.4, 0.5) is 17.6 Å². The van der Waals surface area contributed by atoms with Crippen molar-refractivity contribution in [3.63, 3.8) is 0 Å². The van der Waals surface area contributed by atoms with Crippen molar-refractivity contribution in [2.75, 3.05) is 6.61 Å². The Kier molecular flexibility index (Phi) is 6.72. The minimum absolute atomic E-state index is 0.115. The first-order chi connectivity index (χ1) is 14.6. The van der Waals surface area contributed by atoms with Gasteiger partial charge in [0.1, 0.15) is 11.6 Å². The molecule has 1 atom stereocenters. The van der Waals surface area contributed by atoms with Crippen molar-refractivity contribution in [3.05, 3.63) is 75.3 Å². The van der Waals surface area contributed by atoms with Gasteiger partial charge in [0.15, 0.2) is 6.61 Å². The Labute approximate surface area is 179 Å². The summed E-state index contributed by atoms with van der Waals surface area (Å²) in [7, 11) is 0. The Balaban J connectivity index is 1.82. The molecule has 2 aliphatic rings. The highest BCUT2D eigenvalue weighted by atomic mass is 19.4. The Morgan fingerprint density at radius 2 is 1.97 bits per heavy atom. The van der Waals surface area contributed by atoms with E-state index in [1.54, 1.807) is 25.1 Å². The van der Waals surface area contributed by atoms with Gasteiger partial charge in [0.2, 0.25) is 5.91 Å². The van der Waals surface area contributed by atoms with Gasteiger partial charge < -0.3 is 10.1 Å². The molecule has 0 heterocycles. The zero-order valence-electron chi connectivity index (χ0n) is 17.7. The van der Waals surface area contributed by atoms with E-state index in [4.69, 9.17) is 4.74 Å². The second-order valence-electron chi connectivity index (χ2n) is 7.88. The van der Waals surface area contributed by atoms with Crippen molar-refractivity contribution >= 4 is 12.0 Å². The maximum Gasteiger partial charge on any atom is 0.422 e. The SMILES string of the molecule is CCC1=C(C(C)NC(=O)C2=Cc3cc(F)ccc3C2)C(OCC(F)(F)F)=CC=C(C)C1. The number of halogens is 4. The molecule has 0 spiro atoms. The van der Waals surface area contributed by atoms with Crippen LogP contribution in [0, 0.1) is 5.82 Å². The second kappa shape index (κ2) is 9.12. The quantitative estimate of drug-likeness (QED) is 0.575. The molecule has 7 heteroatoms. The zero-order valence-corrected chi connectivity index (χ0v) is 17.7.